The van der Waals surface area contributed by atoms with Crippen LogP contribution in [0.3, 0.4) is 0 Å². The topological polar surface area (TPSA) is 74.8 Å². The van der Waals surface area contributed by atoms with E-state index in [0.29, 0.717) is 23.0 Å². The van der Waals surface area contributed by atoms with E-state index in [2.05, 4.69) is 37.1 Å². The number of anilines is 1. The van der Waals surface area contributed by atoms with Crippen molar-refractivity contribution in [3.05, 3.63) is 62.6 Å². The number of hydrogen-bond donors (Lipinski definition) is 2. The lowest BCUT2D eigenvalue weighted by Gasteiger charge is -2.38. The summed E-state index contributed by atoms with van der Waals surface area (Å²) in [5.41, 5.74) is 3.99. The number of benzene rings is 1. The summed E-state index contributed by atoms with van der Waals surface area (Å²) in [4.78, 5) is 34.2. The van der Waals surface area contributed by atoms with E-state index in [1.807, 2.05) is 25.1 Å². The van der Waals surface area contributed by atoms with Gasteiger partial charge in [-0.05, 0) is 30.7 Å². The molecule has 0 radical (unpaired) electrons. The second-order valence-corrected chi connectivity index (χ2v) is 10.2. The molecule has 6 heteroatoms. The number of rotatable bonds is 5. The Morgan fingerprint density at radius 1 is 1.23 bits per heavy atom. The smallest absolute Gasteiger partial charge is 0.257 e. The summed E-state index contributed by atoms with van der Waals surface area (Å²) < 4.78 is 0. The Morgan fingerprint density at radius 2 is 2.03 bits per heavy atom. The Labute approximate surface area is 181 Å². The summed E-state index contributed by atoms with van der Waals surface area (Å²) in [6.45, 7) is 8.41. The zero-order chi connectivity index (χ0) is 21.5. The van der Waals surface area contributed by atoms with Crippen molar-refractivity contribution in [3.8, 4) is 0 Å². The molecular formula is C24H29N3O2S. The van der Waals surface area contributed by atoms with Gasteiger partial charge in [0.2, 0.25) is 0 Å². The normalized spacial score (nSPS) is 19.9. The molecule has 0 amide bonds. The van der Waals surface area contributed by atoms with Crippen molar-refractivity contribution in [2.24, 2.45) is 5.41 Å². The van der Waals surface area contributed by atoms with Gasteiger partial charge in [-0.3, -0.25) is 9.59 Å². The molecule has 0 fully saturated rings. The van der Waals surface area contributed by atoms with Gasteiger partial charge in [0.15, 0.2) is 10.9 Å². The third-order valence-electron chi connectivity index (χ3n) is 5.81. The van der Waals surface area contributed by atoms with Gasteiger partial charge in [0.1, 0.15) is 5.82 Å². The predicted octanol–water partition coefficient (Wildman–Crippen LogP) is 5.17. The van der Waals surface area contributed by atoms with E-state index < -0.39 is 0 Å². The highest BCUT2D eigenvalue weighted by Crippen LogP contribution is 2.47. The summed E-state index contributed by atoms with van der Waals surface area (Å²) in [5, 5.41) is 4.02. The minimum Gasteiger partial charge on any atom is -0.343 e. The second kappa shape index (κ2) is 8.06. The fourth-order valence-electron chi connectivity index (χ4n) is 4.46. The van der Waals surface area contributed by atoms with Crippen LogP contribution in [0.4, 0.5) is 5.82 Å². The number of nitrogens with one attached hydrogen (secondary N) is 2. The van der Waals surface area contributed by atoms with Crippen LogP contribution in [0.15, 0.2) is 45.5 Å². The van der Waals surface area contributed by atoms with E-state index in [1.165, 1.54) is 0 Å². The maximum Gasteiger partial charge on any atom is 0.257 e. The van der Waals surface area contributed by atoms with Crippen LogP contribution in [0.1, 0.15) is 69.1 Å². The van der Waals surface area contributed by atoms with E-state index in [9.17, 15) is 9.59 Å². The number of nitrogens with zero attached hydrogens (tertiary/aromatic N) is 1. The summed E-state index contributed by atoms with van der Waals surface area (Å²) in [6.07, 6.45) is 3.43. The van der Waals surface area contributed by atoms with Crippen molar-refractivity contribution in [3.63, 3.8) is 0 Å². The molecule has 30 heavy (non-hydrogen) atoms. The van der Waals surface area contributed by atoms with Crippen LogP contribution in [-0.4, -0.2) is 21.5 Å². The van der Waals surface area contributed by atoms with E-state index >= 15 is 0 Å². The largest absolute Gasteiger partial charge is 0.343 e. The van der Waals surface area contributed by atoms with Gasteiger partial charge in [0, 0.05) is 29.4 Å². The Balaban J connectivity index is 1.87. The van der Waals surface area contributed by atoms with E-state index in [1.54, 1.807) is 11.8 Å². The molecule has 0 saturated carbocycles. The standard InChI is InChI=1S/C24H29N3O2S/c1-5-6-10-30-23-26-21-20(22(29)27-23)18(15-9-7-8-14(2)11-15)19-16(25-21)12-24(3,4)13-17(19)28/h7-9,11,18H,5-6,10,12-13H2,1-4H3,(H2,25,26,27,29). The van der Waals surface area contributed by atoms with Crippen LogP contribution < -0.4 is 10.9 Å². The zero-order valence-corrected chi connectivity index (χ0v) is 18.9. The Morgan fingerprint density at radius 3 is 2.77 bits per heavy atom. The Kier molecular flexibility index (Phi) is 5.62. The summed E-state index contributed by atoms with van der Waals surface area (Å²) >= 11 is 1.57. The number of allylic oxidation sites excluding steroid dienone is 2. The van der Waals surface area contributed by atoms with Crippen LogP contribution in [0.5, 0.6) is 0 Å². The monoisotopic (exact) mass is 423 g/mol. The molecule has 0 saturated heterocycles. The average Bonchev–Trinajstić information content (AvgIpc) is 2.65. The van der Waals surface area contributed by atoms with Gasteiger partial charge in [0.05, 0.1) is 5.56 Å². The first-order valence-electron chi connectivity index (χ1n) is 10.7. The molecule has 4 rings (SSSR count). The number of aryl methyl sites for hydroxylation is 1. The van der Waals surface area contributed by atoms with E-state index in [4.69, 9.17) is 4.98 Å². The van der Waals surface area contributed by atoms with Crippen molar-refractivity contribution in [2.45, 2.75) is 64.5 Å². The van der Waals surface area contributed by atoms with Crippen LogP contribution in [0, 0.1) is 12.3 Å². The lowest BCUT2D eigenvalue weighted by atomic mass is 9.69. The number of hydrogen-bond acceptors (Lipinski definition) is 5. The molecule has 1 aliphatic carbocycles. The van der Waals surface area contributed by atoms with Gasteiger partial charge in [-0.1, -0.05) is 68.8 Å². The number of aromatic nitrogens is 2. The first-order valence-corrected chi connectivity index (χ1v) is 11.6. The molecule has 158 valence electrons. The molecule has 1 aliphatic heterocycles. The molecule has 1 aromatic heterocycles. The molecule has 5 nitrogen and oxygen atoms in total. The molecule has 2 aromatic rings. The fraction of sp³-hybridized carbons (Fsp3) is 0.458. The molecule has 0 spiro atoms. The molecule has 1 atom stereocenters. The first kappa shape index (κ1) is 20.9. The van der Waals surface area contributed by atoms with Gasteiger partial charge in [-0.15, -0.1) is 0 Å². The van der Waals surface area contributed by atoms with Gasteiger partial charge in [-0.25, -0.2) is 4.98 Å². The number of carbonyl (C=O) groups is 1. The van der Waals surface area contributed by atoms with Gasteiger partial charge >= 0.3 is 0 Å². The minimum absolute atomic E-state index is 0.114. The highest BCUT2D eigenvalue weighted by atomic mass is 32.2. The molecule has 1 unspecified atom stereocenters. The highest BCUT2D eigenvalue weighted by Gasteiger charge is 2.42. The lowest BCUT2D eigenvalue weighted by molar-refractivity contribution is -0.118. The van der Waals surface area contributed by atoms with Crippen LogP contribution in [0.2, 0.25) is 0 Å². The van der Waals surface area contributed by atoms with E-state index in [0.717, 1.165) is 47.4 Å². The number of H-pyrrole nitrogens is 1. The van der Waals surface area contributed by atoms with Crippen molar-refractivity contribution in [1.29, 1.82) is 0 Å². The summed E-state index contributed by atoms with van der Waals surface area (Å²) in [7, 11) is 0. The Bertz CT molecular complexity index is 1080. The quantitative estimate of drug-likeness (QED) is 0.394. The third kappa shape index (κ3) is 3.97. The van der Waals surface area contributed by atoms with Crippen molar-refractivity contribution >= 4 is 23.4 Å². The number of fused-ring (bicyclic) bond motifs is 1. The zero-order valence-electron chi connectivity index (χ0n) is 18.1. The fourth-order valence-corrected chi connectivity index (χ4v) is 5.40. The Hall–Kier alpha value is -2.34. The number of thioether (sulfide) groups is 1. The van der Waals surface area contributed by atoms with Crippen LogP contribution >= 0.6 is 11.8 Å². The summed E-state index contributed by atoms with van der Waals surface area (Å²) in [5.74, 6) is 1.24. The maximum absolute atomic E-state index is 13.2. The molecule has 2 heterocycles. The summed E-state index contributed by atoms with van der Waals surface area (Å²) in [6, 6.07) is 8.09. The molecule has 2 N–H and O–H groups in total. The van der Waals surface area contributed by atoms with Crippen molar-refractivity contribution in [1.82, 2.24) is 9.97 Å². The minimum atomic E-state index is -0.384. The van der Waals surface area contributed by atoms with Crippen molar-refractivity contribution in [2.75, 3.05) is 11.1 Å². The number of carbonyl (C=O) groups excluding carboxylic acids is 1. The predicted molar refractivity (Wildman–Crippen MR) is 122 cm³/mol. The molecular weight excluding hydrogens is 394 g/mol. The van der Waals surface area contributed by atoms with Crippen molar-refractivity contribution < 1.29 is 4.79 Å². The maximum atomic E-state index is 13.2. The SMILES string of the molecule is CCCCSc1nc2c(c(=O)[nH]1)C(c1cccc(C)c1)C1=C(CC(C)(C)CC1=O)N2. The van der Waals surface area contributed by atoms with Gasteiger partial charge in [0.25, 0.3) is 5.56 Å². The highest BCUT2D eigenvalue weighted by molar-refractivity contribution is 7.99. The average molecular weight is 424 g/mol. The molecule has 2 aliphatic rings. The van der Waals surface area contributed by atoms with Gasteiger partial charge in [-0.2, -0.15) is 0 Å². The molecule has 0 bridgehead atoms. The van der Waals surface area contributed by atoms with E-state index in [-0.39, 0.29) is 22.7 Å². The first-order chi connectivity index (χ1) is 14.3. The van der Waals surface area contributed by atoms with Crippen LogP contribution in [-0.2, 0) is 4.79 Å². The third-order valence-corrected chi connectivity index (χ3v) is 6.77. The van der Waals surface area contributed by atoms with Crippen LogP contribution in [0.25, 0.3) is 0 Å². The lowest BCUT2D eigenvalue weighted by Crippen LogP contribution is -2.37. The number of Topliss-reactive ketones (excluding diaryl/α,β-unsaturated/α-hetero) is 1. The second-order valence-electron chi connectivity index (χ2n) is 9.14. The number of aromatic amines is 1. The van der Waals surface area contributed by atoms with Gasteiger partial charge < -0.3 is 10.3 Å². The number of ketones is 1. The molecule has 1 aromatic carbocycles. The number of unbranched alkanes of at least 4 members (excludes halogenated alkanes) is 1.